The maximum atomic E-state index is 9.15. The molecule has 0 aromatic heterocycles. The fraction of sp³-hybridized carbons (Fsp3) is 0.500. The van der Waals surface area contributed by atoms with Crippen LogP contribution >= 0.6 is 0 Å². The first kappa shape index (κ1) is 15.0. The predicted octanol–water partition coefficient (Wildman–Crippen LogP) is 3.45. The van der Waals surface area contributed by atoms with Gasteiger partial charge in [0.1, 0.15) is 6.04 Å². The number of hydrogen-bond donors (Lipinski definition) is 1. The fourth-order valence-electron chi connectivity index (χ4n) is 1.72. The van der Waals surface area contributed by atoms with E-state index < -0.39 is 0 Å². The smallest absolute Gasteiger partial charge is 0.121 e. The molecule has 0 fully saturated rings. The maximum absolute atomic E-state index is 9.15. The molecule has 1 atom stereocenters. The standard InChI is InChI=1S/C14H19N5/c1-14(2,3)12-6-4-11(5-7-12)13(10-15)17-8-9-18-19-16/h4-7,13,17H,8-9H2,1-3H3. The highest BCUT2D eigenvalue weighted by Gasteiger charge is 2.15. The van der Waals surface area contributed by atoms with Gasteiger partial charge >= 0.3 is 0 Å². The summed E-state index contributed by atoms with van der Waals surface area (Å²) in [6.07, 6.45) is 0. The van der Waals surface area contributed by atoms with Gasteiger partial charge in [0.2, 0.25) is 0 Å². The highest BCUT2D eigenvalue weighted by atomic mass is 15.1. The molecule has 0 saturated heterocycles. The number of benzene rings is 1. The lowest BCUT2D eigenvalue weighted by molar-refractivity contribution is 0.588. The van der Waals surface area contributed by atoms with Crippen LogP contribution in [0.25, 0.3) is 10.4 Å². The van der Waals surface area contributed by atoms with Crippen molar-refractivity contribution in [3.63, 3.8) is 0 Å². The van der Waals surface area contributed by atoms with E-state index in [2.05, 4.69) is 54.3 Å². The first-order chi connectivity index (χ1) is 8.99. The van der Waals surface area contributed by atoms with Crippen LogP contribution in [0, 0.1) is 11.3 Å². The Morgan fingerprint density at radius 2 is 2.00 bits per heavy atom. The predicted molar refractivity (Wildman–Crippen MR) is 75.5 cm³/mol. The topological polar surface area (TPSA) is 84.6 Å². The third kappa shape index (κ3) is 4.63. The molecule has 0 bridgehead atoms. The molecule has 0 radical (unpaired) electrons. The molecule has 5 heteroatoms. The van der Waals surface area contributed by atoms with E-state index >= 15 is 0 Å². The van der Waals surface area contributed by atoms with E-state index in [1.807, 2.05) is 12.1 Å². The Kier molecular flexibility index (Phi) is 5.37. The molecule has 0 heterocycles. The molecule has 19 heavy (non-hydrogen) atoms. The van der Waals surface area contributed by atoms with Crippen molar-refractivity contribution in [2.75, 3.05) is 13.1 Å². The van der Waals surface area contributed by atoms with Gasteiger partial charge in [-0.1, -0.05) is 50.2 Å². The van der Waals surface area contributed by atoms with Crippen molar-refractivity contribution >= 4 is 0 Å². The van der Waals surface area contributed by atoms with Gasteiger partial charge in [0, 0.05) is 18.0 Å². The van der Waals surface area contributed by atoms with E-state index in [0.29, 0.717) is 13.1 Å². The highest BCUT2D eigenvalue weighted by molar-refractivity contribution is 5.31. The van der Waals surface area contributed by atoms with Crippen LogP contribution in [-0.4, -0.2) is 13.1 Å². The maximum Gasteiger partial charge on any atom is 0.121 e. The number of azide groups is 1. The summed E-state index contributed by atoms with van der Waals surface area (Å²) in [7, 11) is 0. The van der Waals surface area contributed by atoms with E-state index in [1.165, 1.54) is 5.56 Å². The van der Waals surface area contributed by atoms with E-state index in [4.69, 9.17) is 10.8 Å². The third-order valence-electron chi connectivity index (χ3n) is 2.86. The summed E-state index contributed by atoms with van der Waals surface area (Å²) in [4.78, 5) is 2.67. The van der Waals surface area contributed by atoms with Crippen molar-refractivity contribution in [1.29, 1.82) is 5.26 Å². The van der Waals surface area contributed by atoms with Gasteiger partial charge in [-0.15, -0.1) is 0 Å². The Balaban J connectivity index is 2.72. The Bertz CT molecular complexity index is 486. The lowest BCUT2D eigenvalue weighted by atomic mass is 9.86. The minimum atomic E-state index is -0.372. The number of nitriles is 1. The zero-order valence-corrected chi connectivity index (χ0v) is 11.6. The summed E-state index contributed by atoms with van der Waals surface area (Å²) in [5.41, 5.74) is 10.5. The quantitative estimate of drug-likeness (QED) is 0.379. The van der Waals surface area contributed by atoms with Crippen molar-refractivity contribution in [1.82, 2.24) is 5.32 Å². The van der Waals surface area contributed by atoms with Crippen LogP contribution in [-0.2, 0) is 5.41 Å². The third-order valence-corrected chi connectivity index (χ3v) is 2.86. The van der Waals surface area contributed by atoms with Gasteiger partial charge < -0.3 is 0 Å². The molecule has 1 aromatic carbocycles. The SMILES string of the molecule is CC(C)(C)c1ccc(C(C#N)NCCN=[N+]=[N-])cc1. The zero-order chi connectivity index (χ0) is 14.3. The molecule has 1 unspecified atom stereocenters. The number of hydrogen-bond acceptors (Lipinski definition) is 3. The second kappa shape index (κ2) is 6.79. The van der Waals surface area contributed by atoms with E-state index in [-0.39, 0.29) is 11.5 Å². The minimum Gasteiger partial charge on any atom is -0.298 e. The average molecular weight is 257 g/mol. The lowest BCUT2D eigenvalue weighted by Crippen LogP contribution is -2.23. The fourth-order valence-corrected chi connectivity index (χ4v) is 1.72. The van der Waals surface area contributed by atoms with Crippen LogP contribution in [0.2, 0.25) is 0 Å². The molecule has 0 aliphatic rings. The lowest BCUT2D eigenvalue weighted by Gasteiger charge is -2.20. The Hall–Kier alpha value is -2.02. The summed E-state index contributed by atoms with van der Waals surface area (Å²) >= 11 is 0. The minimum absolute atomic E-state index is 0.107. The van der Waals surface area contributed by atoms with Crippen LogP contribution in [0.15, 0.2) is 29.4 Å². The molecule has 0 saturated carbocycles. The average Bonchev–Trinajstić information content (AvgIpc) is 2.38. The van der Waals surface area contributed by atoms with Crippen molar-refractivity contribution in [2.45, 2.75) is 32.2 Å². The molecule has 1 N–H and O–H groups in total. The summed E-state index contributed by atoms with van der Waals surface area (Å²) in [6.45, 7) is 7.30. The molecule has 1 rings (SSSR count). The molecule has 0 aliphatic carbocycles. The number of nitrogens with one attached hydrogen (secondary N) is 1. The van der Waals surface area contributed by atoms with Crippen molar-refractivity contribution in [2.24, 2.45) is 5.11 Å². The Labute approximate surface area is 113 Å². The normalized spacial score (nSPS) is 12.3. The molecule has 0 aliphatic heterocycles. The van der Waals surface area contributed by atoms with Gasteiger partial charge in [-0.3, -0.25) is 5.32 Å². The number of rotatable bonds is 5. The highest BCUT2D eigenvalue weighted by Crippen LogP contribution is 2.23. The van der Waals surface area contributed by atoms with E-state index in [0.717, 1.165) is 5.56 Å². The summed E-state index contributed by atoms with van der Waals surface area (Å²) in [5.74, 6) is 0. The molecular weight excluding hydrogens is 238 g/mol. The number of nitrogens with zero attached hydrogens (tertiary/aromatic N) is 4. The van der Waals surface area contributed by atoms with Crippen molar-refractivity contribution in [3.8, 4) is 6.07 Å². The van der Waals surface area contributed by atoms with Crippen LogP contribution in [0.3, 0.4) is 0 Å². The Morgan fingerprint density at radius 3 is 2.47 bits per heavy atom. The van der Waals surface area contributed by atoms with E-state index in [1.54, 1.807) is 0 Å². The van der Waals surface area contributed by atoms with Gasteiger partial charge in [0.15, 0.2) is 0 Å². The molecular formula is C14H19N5. The van der Waals surface area contributed by atoms with Crippen LogP contribution < -0.4 is 5.32 Å². The molecule has 5 nitrogen and oxygen atoms in total. The molecule has 0 spiro atoms. The van der Waals surface area contributed by atoms with Gasteiger partial charge in [-0.05, 0) is 22.1 Å². The first-order valence-corrected chi connectivity index (χ1v) is 6.23. The second-order valence-electron chi connectivity index (χ2n) is 5.34. The monoisotopic (exact) mass is 257 g/mol. The second-order valence-corrected chi connectivity index (χ2v) is 5.34. The van der Waals surface area contributed by atoms with Crippen LogP contribution in [0.5, 0.6) is 0 Å². The largest absolute Gasteiger partial charge is 0.298 e. The molecule has 1 aromatic rings. The van der Waals surface area contributed by atoms with E-state index in [9.17, 15) is 0 Å². The van der Waals surface area contributed by atoms with Crippen LogP contribution in [0.4, 0.5) is 0 Å². The van der Waals surface area contributed by atoms with Gasteiger partial charge in [-0.2, -0.15) is 5.26 Å². The zero-order valence-electron chi connectivity index (χ0n) is 11.6. The summed E-state index contributed by atoms with van der Waals surface area (Å²) in [6, 6.07) is 9.87. The summed E-state index contributed by atoms with van der Waals surface area (Å²) in [5, 5.41) is 15.6. The summed E-state index contributed by atoms with van der Waals surface area (Å²) < 4.78 is 0. The van der Waals surface area contributed by atoms with Crippen LogP contribution in [0.1, 0.15) is 37.9 Å². The van der Waals surface area contributed by atoms with Crippen molar-refractivity contribution in [3.05, 3.63) is 45.8 Å². The van der Waals surface area contributed by atoms with Gasteiger partial charge in [0.25, 0.3) is 0 Å². The molecule has 100 valence electrons. The van der Waals surface area contributed by atoms with Gasteiger partial charge in [-0.25, -0.2) is 0 Å². The van der Waals surface area contributed by atoms with Crippen molar-refractivity contribution < 1.29 is 0 Å². The van der Waals surface area contributed by atoms with Gasteiger partial charge in [0.05, 0.1) is 6.07 Å². The first-order valence-electron chi connectivity index (χ1n) is 6.23. The Morgan fingerprint density at radius 1 is 1.37 bits per heavy atom. The molecule has 0 amide bonds.